The Hall–Kier alpha value is -1.63. The van der Waals surface area contributed by atoms with E-state index < -0.39 is 0 Å². The molecule has 1 heterocycles. The predicted molar refractivity (Wildman–Crippen MR) is 117 cm³/mol. The van der Waals surface area contributed by atoms with Gasteiger partial charge in [0.2, 0.25) is 0 Å². The van der Waals surface area contributed by atoms with E-state index in [0.29, 0.717) is 0 Å². The summed E-state index contributed by atoms with van der Waals surface area (Å²) in [6.45, 7) is 8.24. The number of hydrogen-bond acceptors (Lipinski definition) is 2. The number of benzene rings is 1. The van der Waals surface area contributed by atoms with Gasteiger partial charge in [-0.25, -0.2) is 0 Å². The maximum Gasteiger partial charge on any atom is 0.191 e. The van der Waals surface area contributed by atoms with Gasteiger partial charge in [-0.2, -0.15) is 0 Å². The van der Waals surface area contributed by atoms with Crippen molar-refractivity contribution in [1.29, 1.82) is 0 Å². The lowest BCUT2D eigenvalue weighted by Gasteiger charge is -2.26. The number of halogens is 1. The van der Waals surface area contributed by atoms with Crippen LogP contribution in [-0.4, -0.2) is 31.1 Å². The fourth-order valence-corrected chi connectivity index (χ4v) is 2.61. The molecule has 1 aromatic heterocycles. The molecule has 0 saturated heterocycles. The highest BCUT2D eigenvalue weighted by Crippen LogP contribution is 2.21. The van der Waals surface area contributed by atoms with Crippen LogP contribution >= 0.6 is 24.0 Å². The SMILES string of the molecule is CN=C(NCCc1ccncc1C)NCC(C)(C)c1ccccc1.I. The first kappa shape index (κ1) is 21.4. The van der Waals surface area contributed by atoms with Gasteiger partial charge in [-0.15, -0.1) is 24.0 Å². The van der Waals surface area contributed by atoms with Gasteiger partial charge in [0, 0.05) is 37.9 Å². The standard InChI is InChI=1S/C20H28N4.HI/c1-16-14-22-12-10-17(16)11-13-23-19(21-4)24-15-20(2,3)18-8-6-5-7-9-18;/h5-10,12,14H,11,13,15H2,1-4H3,(H2,21,23,24);1H. The first-order chi connectivity index (χ1) is 11.5. The topological polar surface area (TPSA) is 49.3 Å². The molecule has 0 radical (unpaired) electrons. The van der Waals surface area contributed by atoms with Crippen molar-refractivity contribution in [3.05, 3.63) is 65.5 Å². The maximum absolute atomic E-state index is 4.32. The van der Waals surface area contributed by atoms with Crippen molar-refractivity contribution in [3.8, 4) is 0 Å². The van der Waals surface area contributed by atoms with Crippen molar-refractivity contribution < 1.29 is 0 Å². The maximum atomic E-state index is 4.32. The van der Waals surface area contributed by atoms with Crippen LogP contribution < -0.4 is 10.6 Å². The van der Waals surface area contributed by atoms with Crippen molar-refractivity contribution in [2.45, 2.75) is 32.6 Å². The molecule has 0 aliphatic carbocycles. The minimum Gasteiger partial charge on any atom is -0.356 e. The number of pyridine rings is 1. The summed E-state index contributed by atoms with van der Waals surface area (Å²) in [6.07, 6.45) is 4.71. The number of aromatic nitrogens is 1. The van der Waals surface area contributed by atoms with Crippen LogP contribution in [0.25, 0.3) is 0 Å². The van der Waals surface area contributed by atoms with E-state index >= 15 is 0 Å². The normalized spacial score (nSPS) is 11.6. The number of nitrogens with one attached hydrogen (secondary N) is 2. The molecular formula is C20H29IN4. The zero-order valence-corrected chi connectivity index (χ0v) is 17.9. The molecule has 2 rings (SSSR count). The lowest BCUT2D eigenvalue weighted by Crippen LogP contribution is -2.44. The molecule has 0 amide bonds. The molecule has 25 heavy (non-hydrogen) atoms. The van der Waals surface area contributed by atoms with E-state index in [1.165, 1.54) is 16.7 Å². The second kappa shape index (κ2) is 10.4. The second-order valence-corrected chi connectivity index (χ2v) is 6.65. The third-order valence-corrected chi connectivity index (χ3v) is 4.30. The molecule has 0 saturated carbocycles. The molecule has 0 atom stereocenters. The lowest BCUT2D eigenvalue weighted by molar-refractivity contribution is 0.508. The molecule has 4 nitrogen and oxygen atoms in total. The van der Waals surface area contributed by atoms with Crippen molar-refractivity contribution in [2.75, 3.05) is 20.1 Å². The van der Waals surface area contributed by atoms with Gasteiger partial charge in [0.15, 0.2) is 5.96 Å². The van der Waals surface area contributed by atoms with E-state index in [0.717, 1.165) is 25.5 Å². The zero-order chi connectivity index (χ0) is 17.4. The fraction of sp³-hybridized carbons (Fsp3) is 0.400. The Labute approximate surface area is 168 Å². The summed E-state index contributed by atoms with van der Waals surface area (Å²) in [6, 6.07) is 12.6. The quantitative estimate of drug-likeness (QED) is 0.399. The summed E-state index contributed by atoms with van der Waals surface area (Å²) in [4.78, 5) is 8.45. The predicted octanol–water partition coefficient (Wildman–Crippen LogP) is 3.69. The van der Waals surface area contributed by atoms with Gasteiger partial charge in [-0.05, 0) is 36.1 Å². The summed E-state index contributed by atoms with van der Waals surface area (Å²) >= 11 is 0. The molecular weight excluding hydrogens is 423 g/mol. The van der Waals surface area contributed by atoms with E-state index in [4.69, 9.17) is 0 Å². The highest BCUT2D eigenvalue weighted by atomic mass is 127. The second-order valence-electron chi connectivity index (χ2n) is 6.65. The molecule has 0 aliphatic heterocycles. The number of guanidine groups is 1. The third-order valence-electron chi connectivity index (χ3n) is 4.30. The molecule has 5 heteroatoms. The van der Waals surface area contributed by atoms with Gasteiger partial charge in [-0.3, -0.25) is 9.98 Å². The van der Waals surface area contributed by atoms with E-state index in [1.807, 2.05) is 19.4 Å². The molecule has 136 valence electrons. The van der Waals surface area contributed by atoms with Crippen molar-refractivity contribution in [2.24, 2.45) is 4.99 Å². The van der Waals surface area contributed by atoms with Gasteiger partial charge in [0.1, 0.15) is 0 Å². The third kappa shape index (κ3) is 6.65. The monoisotopic (exact) mass is 452 g/mol. The zero-order valence-electron chi connectivity index (χ0n) is 15.5. The van der Waals surface area contributed by atoms with Crippen LogP contribution in [0.3, 0.4) is 0 Å². The molecule has 0 aliphatic rings. The summed E-state index contributed by atoms with van der Waals surface area (Å²) < 4.78 is 0. The van der Waals surface area contributed by atoms with Crippen molar-refractivity contribution in [3.63, 3.8) is 0 Å². The van der Waals surface area contributed by atoms with E-state index in [-0.39, 0.29) is 29.4 Å². The van der Waals surface area contributed by atoms with Gasteiger partial charge >= 0.3 is 0 Å². The number of hydrogen-bond donors (Lipinski definition) is 2. The van der Waals surface area contributed by atoms with Crippen LogP contribution in [0.15, 0.2) is 53.8 Å². The fourth-order valence-electron chi connectivity index (χ4n) is 2.61. The van der Waals surface area contributed by atoms with Gasteiger partial charge in [-0.1, -0.05) is 44.2 Å². The van der Waals surface area contributed by atoms with Crippen LogP contribution in [0.1, 0.15) is 30.5 Å². The Morgan fingerprint density at radius 2 is 1.84 bits per heavy atom. The average Bonchev–Trinajstić information content (AvgIpc) is 2.60. The largest absolute Gasteiger partial charge is 0.356 e. The van der Waals surface area contributed by atoms with Crippen LogP contribution in [0.5, 0.6) is 0 Å². The Morgan fingerprint density at radius 1 is 1.12 bits per heavy atom. The minimum atomic E-state index is 0. The van der Waals surface area contributed by atoms with E-state index in [9.17, 15) is 0 Å². The van der Waals surface area contributed by atoms with Crippen LogP contribution in [0, 0.1) is 6.92 Å². The summed E-state index contributed by atoms with van der Waals surface area (Å²) in [5, 5.41) is 6.82. The van der Waals surface area contributed by atoms with Crippen LogP contribution in [0.2, 0.25) is 0 Å². The van der Waals surface area contributed by atoms with Crippen molar-refractivity contribution >= 4 is 29.9 Å². The molecule has 1 aromatic carbocycles. The van der Waals surface area contributed by atoms with Gasteiger partial charge < -0.3 is 10.6 Å². The molecule has 2 aromatic rings. The Balaban J connectivity index is 0.00000312. The number of nitrogens with zero attached hydrogens (tertiary/aromatic N) is 2. The highest BCUT2D eigenvalue weighted by Gasteiger charge is 2.20. The van der Waals surface area contributed by atoms with Crippen molar-refractivity contribution in [1.82, 2.24) is 15.6 Å². The Bertz CT molecular complexity index is 668. The van der Waals surface area contributed by atoms with E-state index in [2.05, 4.69) is 77.8 Å². The van der Waals surface area contributed by atoms with Gasteiger partial charge in [0.05, 0.1) is 0 Å². The number of rotatable bonds is 6. The first-order valence-corrected chi connectivity index (χ1v) is 8.42. The molecule has 0 unspecified atom stereocenters. The Morgan fingerprint density at radius 3 is 2.48 bits per heavy atom. The summed E-state index contributed by atoms with van der Waals surface area (Å²) in [5.74, 6) is 0.839. The molecule has 0 spiro atoms. The number of aryl methyl sites for hydroxylation is 1. The summed E-state index contributed by atoms with van der Waals surface area (Å²) in [7, 11) is 1.81. The minimum absolute atomic E-state index is 0. The molecule has 0 fully saturated rings. The van der Waals surface area contributed by atoms with Crippen LogP contribution in [0.4, 0.5) is 0 Å². The average molecular weight is 452 g/mol. The highest BCUT2D eigenvalue weighted by molar-refractivity contribution is 14.0. The lowest BCUT2D eigenvalue weighted by atomic mass is 9.85. The first-order valence-electron chi connectivity index (χ1n) is 8.42. The smallest absolute Gasteiger partial charge is 0.191 e. The van der Waals surface area contributed by atoms with E-state index in [1.54, 1.807) is 0 Å². The van der Waals surface area contributed by atoms with Gasteiger partial charge in [0.25, 0.3) is 0 Å². The molecule has 0 bridgehead atoms. The number of aliphatic imine (C=N–C) groups is 1. The summed E-state index contributed by atoms with van der Waals surface area (Å²) in [5.41, 5.74) is 3.91. The molecule has 2 N–H and O–H groups in total. The van der Waals surface area contributed by atoms with Crippen LogP contribution in [-0.2, 0) is 11.8 Å². The Kier molecular flexibility index (Phi) is 8.89.